The van der Waals surface area contributed by atoms with Gasteiger partial charge in [0, 0.05) is 23.6 Å². The molecule has 3 nitrogen and oxygen atoms in total. The van der Waals surface area contributed by atoms with Gasteiger partial charge in [0.05, 0.1) is 6.26 Å². The summed E-state index contributed by atoms with van der Waals surface area (Å²) in [6.45, 7) is 0.588. The van der Waals surface area contributed by atoms with Crippen LogP contribution >= 0.6 is 23.8 Å². The van der Waals surface area contributed by atoms with Gasteiger partial charge in [0.15, 0.2) is 5.78 Å². The van der Waals surface area contributed by atoms with E-state index in [2.05, 4.69) is 5.32 Å². The average molecular weight is 396 g/mol. The Morgan fingerprint density at radius 2 is 1.78 bits per heavy atom. The van der Waals surface area contributed by atoms with E-state index >= 15 is 0 Å². The number of halogens is 1. The lowest BCUT2D eigenvalue weighted by Gasteiger charge is -2.12. The van der Waals surface area contributed by atoms with Gasteiger partial charge in [-0.05, 0) is 53.6 Å². The third-order valence-corrected chi connectivity index (χ3v) is 4.62. The quantitative estimate of drug-likeness (QED) is 0.316. The van der Waals surface area contributed by atoms with Crippen LogP contribution in [-0.2, 0) is 6.54 Å². The van der Waals surface area contributed by atoms with E-state index in [1.807, 2.05) is 36.4 Å². The molecule has 1 heterocycles. The van der Waals surface area contributed by atoms with Crippen molar-refractivity contribution in [3.63, 3.8) is 0 Å². The second-order valence-electron chi connectivity index (χ2n) is 5.96. The van der Waals surface area contributed by atoms with Gasteiger partial charge in [0.1, 0.15) is 10.7 Å². The van der Waals surface area contributed by atoms with E-state index in [4.69, 9.17) is 28.2 Å². The second kappa shape index (κ2) is 9.31. The number of benzene rings is 2. The number of hydrogen-bond donors (Lipinski definition) is 1. The maximum Gasteiger partial charge on any atom is 0.167 e. The second-order valence-corrected chi connectivity index (χ2v) is 6.80. The van der Waals surface area contributed by atoms with Gasteiger partial charge < -0.3 is 9.73 Å². The van der Waals surface area contributed by atoms with Crippen LogP contribution in [0.15, 0.2) is 83.0 Å². The molecule has 0 aliphatic carbocycles. The van der Waals surface area contributed by atoms with Gasteiger partial charge in [0.25, 0.3) is 0 Å². The van der Waals surface area contributed by atoms with E-state index in [9.17, 15) is 4.79 Å². The largest absolute Gasteiger partial charge is 0.465 e. The summed E-state index contributed by atoms with van der Waals surface area (Å²) in [4.78, 5) is 13.2. The van der Waals surface area contributed by atoms with Crippen LogP contribution in [0.2, 0.25) is 5.02 Å². The first-order chi connectivity index (χ1) is 13.1. The molecule has 0 saturated carbocycles. The van der Waals surface area contributed by atoms with Gasteiger partial charge in [0.2, 0.25) is 0 Å². The average Bonchev–Trinajstić information content (AvgIpc) is 3.20. The van der Waals surface area contributed by atoms with Crippen LogP contribution < -0.4 is 5.32 Å². The highest BCUT2D eigenvalue weighted by Crippen LogP contribution is 2.17. The van der Waals surface area contributed by atoms with Crippen LogP contribution in [0.5, 0.6) is 0 Å². The monoisotopic (exact) mass is 395 g/mol. The van der Waals surface area contributed by atoms with Gasteiger partial charge in [-0.1, -0.05) is 54.2 Å². The van der Waals surface area contributed by atoms with Crippen LogP contribution in [0.1, 0.15) is 28.1 Å². The van der Waals surface area contributed by atoms with E-state index in [0.717, 1.165) is 5.56 Å². The predicted molar refractivity (Wildman–Crippen MR) is 113 cm³/mol. The number of Topliss-reactive ketones (excluding diaryl/α,β-unsaturated/α-hetero) is 1. The van der Waals surface area contributed by atoms with Crippen molar-refractivity contribution in [3.05, 3.63) is 100 Å². The smallest absolute Gasteiger partial charge is 0.167 e. The zero-order valence-electron chi connectivity index (χ0n) is 14.5. The van der Waals surface area contributed by atoms with Crippen molar-refractivity contribution in [3.8, 4) is 0 Å². The third-order valence-electron chi connectivity index (χ3n) is 3.96. The molecule has 2 aromatic carbocycles. The van der Waals surface area contributed by atoms with E-state index in [-0.39, 0.29) is 12.2 Å². The molecule has 3 rings (SSSR count). The summed E-state index contributed by atoms with van der Waals surface area (Å²) in [7, 11) is 0. The molecule has 3 aromatic rings. The van der Waals surface area contributed by atoms with E-state index in [1.165, 1.54) is 0 Å². The zero-order valence-corrected chi connectivity index (χ0v) is 16.1. The Hall–Kier alpha value is -2.69. The Balaban J connectivity index is 1.75. The first-order valence-electron chi connectivity index (χ1n) is 8.47. The lowest BCUT2D eigenvalue weighted by atomic mass is 10.0. The molecule has 0 radical (unpaired) electrons. The normalized spacial score (nSPS) is 11.2. The zero-order chi connectivity index (χ0) is 19.1. The number of furan rings is 1. The van der Waals surface area contributed by atoms with Crippen LogP contribution in [-0.4, -0.2) is 10.8 Å². The van der Waals surface area contributed by atoms with Crippen LogP contribution in [0.3, 0.4) is 0 Å². The minimum Gasteiger partial charge on any atom is -0.465 e. The summed E-state index contributed by atoms with van der Waals surface area (Å²) in [6.07, 6.45) is 3.56. The number of hydrogen-bond acceptors (Lipinski definition) is 3. The SMILES string of the molecule is O=C(C/C(=C/c1ccco1)C(=S)NCc1ccccc1)c1ccc(Cl)cc1. The minimum atomic E-state index is -0.0340. The standard InChI is InChI=1S/C22H18ClNO2S/c23-19-10-8-17(9-11-19)21(25)14-18(13-20-7-4-12-26-20)22(27)24-15-16-5-2-1-3-6-16/h1-13H,14-15H2,(H,24,27)/b18-13-. The highest BCUT2D eigenvalue weighted by atomic mass is 35.5. The highest BCUT2D eigenvalue weighted by molar-refractivity contribution is 7.80. The van der Waals surface area contributed by atoms with Gasteiger partial charge in [-0.15, -0.1) is 0 Å². The number of thiocarbonyl (C=S) groups is 1. The Kier molecular flexibility index (Phi) is 6.58. The maximum absolute atomic E-state index is 12.7. The van der Waals surface area contributed by atoms with Gasteiger partial charge >= 0.3 is 0 Å². The summed E-state index contributed by atoms with van der Waals surface area (Å²) in [5.74, 6) is 0.617. The summed E-state index contributed by atoms with van der Waals surface area (Å²) in [5, 5.41) is 3.82. The molecule has 136 valence electrons. The summed E-state index contributed by atoms with van der Waals surface area (Å²) < 4.78 is 5.39. The first kappa shape index (κ1) is 19.1. The maximum atomic E-state index is 12.7. The molecule has 0 aliphatic heterocycles. The number of rotatable bonds is 7. The van der Waals surface area contributed by atoms with Crippen LogP contribution in [0.4, 0.5) is 0 Å². The molecule has 0 saturated heterocycles. The highest BCUT2D eigenvalue weighted by Gasteiger charge is 2.14. The van der Waals surface area contributed by atoms with Crippen molar-refractivity contribution in [1.82, 2.24) is 5.32 Å². The molecule has 0 amide bonds. The number of ketones is 1. The Labute approximate surface area is 168 Å². The number of carbonyl (C=O) groups excluding carboxylic acids is 1. The fraction of sp³-hybridized carbons (Fsp3) is 0.0909. The molecule has 0 atom stereocenters. The fourth-order valence-corrected chi connectivity index (χ4v) is 2.87. The van der Waals surface area contributed by atoms with E-state index in [1.54, 1.807) is 42.7 Å². The van der Waals surface area contributed by atoms with E-state index in [0.29, 0.717) is 33.5 Å². The van der Waals surface area contributed by atoms with Gasteiger partial charge in [-0.3, -0.25) is 4.79 Å². The molecular formula is C22H18ClNO2S. The van der Waals surface area contributed by atoms with Crippen molar-refractivity contribution in [2.24, 2.45) is 0 Å². The molecule has 0 spiro atoms. The summed E-state index contributed by atoms with van der Waals surface area (Å²) in [6, 6.07) is 20.4. The summed E-state index contributed by atoms with van der Waals surface area (Å²) >= 11 is 11.4. The lowest BCUT2D eigenvalue weighted by Crippen LogP contribution is -2.24. The fourth-order valence-electron chi connectivity index (χ4n) is 2.54. The molecule has 5 heteroatoms. The van der Waals surface area contributed by atoms with Crippen LogP contribution in [0.25, 0.3) is 6.08 Å². The van der Waals surface area contributed by atoms with Gasteiger partial charge in [-0.2, -0.15) is 0 Å². The van der Waals surface area contributed by atoms with Crippen LogP contribution in [0, 0.1) is 0 Å². The van der Waals surface area contributed by atoms with Crippen molar-refractivity contribution in [2.45, 2.75) is 13.0 Å². The molecule has 27 heavy (non-hydrogen) atoms. The first-order valence-corrected chi connectivity index (χ1v) is 9.25. The summed E-state index contributed by atoms with van der Waals surface area (Å²) in [5.41, 5.74) is 2.41. The molecule has 1 aromatic heterocycles. The number of carbonyl (C=O) groups is 1. The molecule has 0 bridgehead atoms. The Morgan fingerprint density at radius 1 is 1.04 bits per heavy atom. The topological polar surface area (TPSA) is 42.2 Å². The predicted octanol–water partition coefficient (Wildman–Crippen LogP) is 5.71. The van der Waals surface area contributed by atoms with Gasteiger partial charge in [-0.25, -0.2) is 0 Å². The third kappa shape index (κ3) is 5.64. The molecule has 0 fully saturated rings. The molecular weight excluding hydrogens is 378 g/mol. The van der Waals surface area contributed by atoms with E-state index < -0.39 is 0 Å². The van der Waals surface area contributed by atoms with Crippen molar-refractivity contribution >= 4 is 40.7 Å². The van der Waals surface area contributed by atoms with Crippen molar-refractivity contribution < 1.29 is 9.21 Å². The Morgan fingerprint density at radius 3 is 2.44 bits per heavy atom. The Bertz CT molecular complexity index is 932. The number of nitrogens with one attached hydrogen (secondary N) is 1. The minimum absolute atomic E-state index is 0.0340. The lowest BCUT2D eigenvalue weighted by molar-refractivity contribution is 0.0994. The molecule has 0 aliphatic rings. The van der Waals surface area contributed by atoms with Crippen molar-refractivity contribution in [2.75, 3.05) is 0 Å². The molecule has 1 N–H and O–H groups in total. The van der Waals surface area contributed by atoms with Crippen molar-refractivity contribution in [1.29, 1.82) is 0 Å². The molecule has 0 unspecified atom stereocenters.